The van der Waals surface area contributed by atoms with E-state index in [1.165, 1.54) is 11.7 Å². The Morgan fingerprint density at radius 1 is 1.27 bits per heavy atom. The predicted octanol–water partition coefficient (Wildman–Crippen LogP) is 4.20. The van der Waals surface area contributed by atoms with Crippen molar-refractivity contribution in [2.24, 2.45) is 5.11 Å². The van der Waals surface area contributed by atoms with Crippen molar-refractivity contribution < 1.29 is 9.43 Å². The second kappa shape index (κ2) is 8.43. The maximum atomic E-state index is 12.7. The van der Waals surface area contributed by atoms with Gasteiger partial charge < -0.3 is 4.74 Å². The molecule has 0 unspecified atom stereocenters. The summed E-state index contributed by atoms with van der Waals surface area (Å²) in [6.45, 7) is 6.29. The molecule has 2 aromatic rings. The first-order chi connectivity index (χ1) is 12.4. The van der Waals surface area contributed by atoms with Crippen molar-refractivity contribution >= 4 is 11.4 Å². The maximum Gasteiger partial charge on any atom is 0.271 e. The van der Waals surface area contributed by atoms with Crippen LogP contribution in [0.4, 0.5) is 11.4 Å². The second-order valence-electron chi connectivity index (χ2n) is 6.24. The lowest BCUT2D eigenvalue weighted by Crippen LogP contribution is -2.25. The summed E-state index contributed by atoms with van der Waals surface area (Å²) in [5.74, 6) is 0.388. The minimum atomic E-state index is -0.327. The zero-order valence-corrected chi connectivity index (χ0v) is 16.0. The molecule has 0 saturated heterocycles. The van der Waals surface area contributed by atoms with E-state index in [1.54, 1.807) is 11.6 Å². The standard InChI is InChI=1S/C20H25N4O2/c1-6-7-12-24-19(25)17(13-21)15(3)18(20(24)26-5)22-23(4)16-10-8-14(2)9-11-16/h8-11H,6-7,12H2,1-5H3/q+1. The van der Waals surface area contributed by atoms with Gasteiger partial charge in [-0.1, -0.05) is 35.7 Å². The Kier molecular flexibility index (Phi) is 6.29. The fourth-order valence-corrected chi connectivity index (χ4v) is 2.74. The van der Waals surface area contributed by atoms with Crippen LogP contribution in [0, 0.1) is 25.2 Å². The van der Waals surface area contributed by atoms with Gasteiger partial charge in [-0.05, 0) is 20.3 Å². The van der Waals surface area contributed by atoms with Gasteiger partial charge in [-0.2, -0.15) is 5.26 Å². The van der Waals surface area contributed by atoms with E-state index in [0.29, 0.717) is 23.7 Å². The highest BCUT2D eigenvalue weighted by Gasteiger charge is 2.22. The molecule has 0 aliphatic carbocycles. The largest absolute Gasteiger partial charge is 0.480 e. The Hall–Kier alpha value is -2.94. The molecule has 1 aromatic carbocycles. The highest BCUT2D eigenvalue weighted by molar-refractivity contribution is 5.59. The van der Waals surface area contributed by atoms with Gasteiger partial charge in [0.1, 0.15) is 11.6 Å². The third kappa shape index (κ3) is 3.83. The summed E-state index contributed by atoms with van der Waals surface area (Å²) in [5.41, 5.74) is 2.88. The first-order valence-corrected chi connectivity index (χ1v) is 8.68. The first kappa shape index (κ1) is 19.4. The van der Waals surface area contributed by atoms with Gasteiger partial charge in [0.15, 0.2) is 12.7 Å². The quantitative estimate of drug-likeness (QED) is 0.577. The number of azo groups is 2. The third-order valence-corrected chi connectivity index (χ3v) is 4.34. The van der Waals surface area contributed by atoms with Crippen molar-refractivity contribution in [3.63, 3.8) is 0 Å². The van der Waals surface area contributed by atoms with E-state index in [-0.39, 0.29) is 11.1 Å². The monoisotopic (exact) mass is 353 g/mol. The molecule has 0 aliphatic heterocycles. The zero-order chi connectivity index (χ0) is 19.3. The summed E-state index contributed by atoms with van der Waals surface area (Å²) in [5, 5.41) is 14.1. The van der Waals surface area contributed by atoms with Gasteiger partial charge in [-0.15, -0.1) is 0 Å². The van der Waals surface area contributed by atoms with Gasteiger partial charge in [-0.25, -0.2) is 0 Å². The Morgan fingerprint density at radius 3 is 2.46 bits per heavy atom. The minimum Gasteiger partial charge on any atom is -0.480 e. The van der Waals surface area contributed by atoms with Crippen molar-refractivity contribution in [1.82, 2.24) is 4.57 Å². The molecule has 0 spiro atoms. The number of hydrogen-bond donors (Lipinski definition) is 0. The number of nitrogens with zero attached hydrogens (tertiary/aromatic N) is 4. The average Bonchev–Trinajstić information content (AvgIpc) is 2.63. The van der Waals surface area contributed by atoms with Crippen LogP contribution in [0.3, 0.4) is 0 Å². The number of methoxy groups -OCH3 is 1. The van der Waals surface area contributed by atoms with E-state index < -0.39 is 0 Å². The SMILES string of the molecule is CCCCn1c(OC)c(N=[N+](C)c2ccc(C)cc2)c(C)c(C#N)c1=O. The van der Waals surface area contributed by atoms with Crippen LogP contribution in [0.15, 0.2) is 34.2 Å². The Bertz CT molecular complexity index is 919. The lowest BCUT2D eigenvalue weighted by Gasteiger charge is -2.15. The molecule has 1 heterocycles. The molecule has 0 fully saturated rings. The number of aryl methyl sites for hydroxylation is 1. The summed E-state index contributed by atoms with van der Waals surface area (Å²) < 4.78 is 8.76. The lowest BCUT2D eigenvalue weighted by atomic mass is 10.1. The Balaban J connectivity index is 2.70. The summed E-state index contributed by atoms with van der Waals surface area (Å²) >= 11 is 0. The molecule has 0 aliphatic rings. The molecule has 1 aromatic heterocycles. The minimum absolute atomic E-state index is 0.109. The number of unbranched alkanes of at least 4 members (excludes halogenated alkanes) is 1. The average molecular weight is 353 g/mol. The highest BCUT2D eigenvalue weighted by atomic mass is 16.5. The molecule has 6 nitrogen and oxygen atoms in total. The zero-order valence-electron chi connectivity index (χ0n) is 16.0. The molecular weight excluding hydrogens is 328 g/mol. The first-order valence-electron chi connectivity index (χ1n) is 8.68. The van der Waals surface area contributed by atoms with Crippen LogP contribution in [0.5, 0.6) is 5.88 Å². The number of rotatable bonds is 6. The second-order valence-corrected chi connectivity index (χ2v) is 6.24. The number of pyridine rings is 1. The van der Waals surface area contributed by atoms with E-state index in [4.69, 9.17) is 4.74 Å². The van der Waals surface area contributed by atoms with Crippen molar-refractivity contribution in [3.05, 3.63) is 51.3 Å². The number of nitriles is 1. The topological polar surface area (TPSA) is 70.4 Å². The van der Waals surface area contributed by atoms with Crippen molar-refractivity contribution in [2.75, 3.05) is 14.2 Å². The van der Waals surface area contributed by atoms with Crippen LogP contribution >= 0.6 is 0 Å². The molecule has 6 heteroatoms. The van der Waals surface area contributed by atoms with Gasteiger partial charge in [0.05, 0.1) is 7.11 Å². The molecular formula is C20H25N4O2+. The van der Waals surface area contributed by atoms with Crippen molar-refractivity contribution in [2.45, 2.75) is 40.2 Å². The van der Waals surface area contributed by atoms with Crippen molar-refractivity contribution in [3.8, 4) is 11.9 Å². The molecule has 26 heavy (non-hydrogen) atoms. The van der Waals surface area contributed by atoms with Crippen LogP contribution in [-0.2, 0) is 6.54 Å². The molecule has 2 rings (SSSR count). The van der Waals surface area contributed by atoms with Crippen LogP contribution < -0.4 is 10.3 Å². The van der Waals surface area contributed by atoms with E-state index in [9.17, 15) is 10.1 Å². The van der Waals surface area contributed by atoms with Crippen LogP contribution in [0.2, 0.25) is 0 Å². The number of aromatic nitrogens is 1. The summed E-state index contributed by atoms with van der Waals surface area (Å²) in [4.78, 5) is 12.7. The molecule has 0 radical (unpaired) electrons. The molecule has 0 saturated carbocycles. The molecule has 0 N–H and O–H groups in total. The van der Waals surface area contributed by atoms with E-state index >= 15 is 0 Å². The smallest absolute Gasteiger partial charge is 0.271 e. The van der Waals surface area contributed by atoms with E-state index in [1.807, 2.05) is 51.2 Å². The summed E-state index contributed by atoms with van der Waals surface area (Å²) in [6.07, 6.45) is 1.75. The number of ether oxygens (including phenoxy) is 1. The van der Waals surface area contributed by atoms with Crippen LogP contribution in [0.1, 0.15) is 36.5 Å². The fourth-order valence-electron chi connectivity index (χ4n) is 2.74. The number of hydrogen-bond acceptors (Lipinski definition) is 4. The predicted molar refractivity (Wildman–Crippen MR) is 101 cm³/mol. The summed E-state index contributed by atoms with van der Waals surface area (Å²) in [6, 6.07) is 9.98. The van der Waals surface area contributed by atoms with Gasteiger partial charge in [-0.3, -0.25) is 9.36 Å². The number of benzene rings is 1. The summed E-state index contributed by atoms with van der Waals surface area (Å²) in [7, 11) is 3.35. The molecule has 0 atom stereocenters. The fraction of sp³-hybridized carbons (Fsp3) is 0.400. The van der Waals surface area contributed by atoms with Gasteiger partial charge in [0.25, 0.3) is 5.56 Å². The van der Waals surface area contributed by atoms with Gasteiger partial charge >= 0.3 is 0 Å². The van der Waals surface area contributed by atoms with Crippen molar-refractivity contribution in [1.29, 1.82) is 5.26 Å². The molecule has 0 amide bonds. The third-order valence-electron chi connectivity index (χ3n) is 4.34. The van der Waals surface area contributed by atoms with Crippen LogP contribution in [-0.4, -0.2) is 23.4 Å². The lowest BCUT2D eigenvalue weighted by molar-refractivity contribution is -0.476. The van der Waals surface area contributed by atoms with Gasteiger partial charge in [0, 0.05) is 29.4 Å². The Morgan fingerprint density at radius 2 is 1.92 bits per heavy atom. The van der Waals surface area contributed by atoms with Gasteiger partial charge in [0.2, 0.25) is 11.6 Å². The normalized spacial score (nSPS) is 11.3. The Labute approximate surface area is 154 Å². The maximum absolute atomic E-state index is 12.7. The molecule has 136 valence electrons. The van der Waals surface area contributed by atoms with E-state index in [0.717, 1.165) is 24.1 Å². The highest BCUT2D eigenvalue weighted by Crippen LogP contribution is 2.32. The van der Waals surface area contributed by atoms with E-state index in [2.05, 4.69) is 5.11 Å². The molecule has 0 bridgehead atoms. The van der Waals surface area contributed by atoms with Crippen LogP contribution in [0.25, 0.3) is 0 Å².